The standard InChI is InChI=1S/C16H28N2O2/c19-15(20)17-4-2-1-3-5-18-16-9-12-6-13(10-16)8-14(7-12)11-16/h12-14,17-18H,1-11H2,(H,19,20). The van der Waals surface area contributed by atoms with Crippen molar-refractivity contribution in [3.63, 3.8) is 0 Å². The zero-order chi connectivity index (χ0) is 14.0. The van der Waals surface area contributed by atoms with Crippen LogP contribution >= 0.6 is 0 Å². The summed E-state index contributed by atoms with van der Waals surface area (Å²) < 4.78 is 0. The Morgan fingerprint density at radius 1 is 0.950 bits per heavy atom. The van der Waals surface area contributed by atoms with Gasteiger partial charge in [0.15, 0.2) is 0 Å². The van der Waals surface area contributed by atoms with Crippen LogP contribution in [0.15, 0.2) is 0 Å². The molecule has 0 atom stereocenters. The van der Waals surface area contributed by atoms with Crippen molar-refractivity contribution in [1.82, 2.24) is 10.6 Å². The van der Waals surface area contributed by atoms with E-state index in [1.165, 1.54) is 44.9 Å². The van der Waals surface area contributed by atoms with Gasteiger partial charge in [0.05, 0.1) is 0 Å². The first-order valence-corrected chi connectivity index (χ1v) is 8.37. The predicted octanol–water partition coefficient (Wildman–Crippen LogP) is 2.98. The number of carbonyl (C=O) groups is 1. The van der Waals surface area contributed by atoms with Gasteiger partial charge in [-0.05, 0) is 75.7 Å². The molecule has 4 aliphatic rings. The first kappa shape index (κ1) is 14.2. The molecule has 4 fully saturated rings. The number of rotatable bonds is 7. The van der Waals surface area contributed by atoms with Crippen molar-refractivity contribution in [2.75, 3.05) is 13.1 Å². The average Bonchev–Trinajstić information content (AvgIpc) is 2.35. The Hall–Kier alpha value is -0.770. The Morgan fingerprint density at radius 2 is 1.50 bits per heavy atom. The molecule has 4 aliphatic carbocycles. The summed E-state index contributed by atoms with van der Waals surface area (Å²) in [6.45, 7) is 1.70. The monoisotopic (exact) mass is 280 g/mol. The van der Waals surface area contributed by atoms with Gasteiger partial charge in [0.25, 0.3) is 0 Å². The molecule has 114 valence electrons. The van der Waals surface area contributed by atoms with Crippen LogP contribution in [-0.2, 0) is 0 Å². The second kappa shape index (κ2) is 5.92. The quantitative estimate of drug-likeness (QED) is 0.628. The van der Waals surface area contributed by atoms with E-state index in [0.717, 1.165) is 37.1 Å². The summed E-state index contributed by atoms with van der Waals surface area (Å²) in [6.07, 6.45) is 11.1. The molecule has 20 heavy (non-hydrogen) atoms. The van der Waals surface area contributed by atoms with E-state index in [-0.39, 0.29) is 0 Å². The molecule has 4 bridgehead atoms. The Morgan fingerprint density at radius 3 is 2.05 bits per heavy atom. The molecule has 1 amide bonds. The first-order chi connectivity index (χ1) is 9.65. The van der Waals surface area contributed by atoms with E-state index >= 15 is 0 Å². The summed E-state index contributed by atoms with van der Waals surface area (Å²) >= 11 is 0. The van der Waals surface area contributed by atoms with Gasteiger partial charge in [-0.15, -0.1) is 0 Å². The van der Waals surface area contributed by atoms with Crippen LogP contribution in [0.25, 0.3) is 0 Å². The van der Waals surface area contributed by atoms with Gasteiger partial charge in [0.1, 0.15) is 0 Å². The normalized spacial score (nSPS) is 38.1. The van der Waals surface area contributed by atoms with Crippen molar-refractivity contribution >= 4 is 6.09 Å². The molecule has 4 nitrogen and oxygen atoms in total. The highest BCUT2D eigenvalue weighted by Crippen LogP contribution is 2.55. The van der Waals surface area contributed by atoms with E-state index in [2.05, 4.69) is 10.6 Å². The van der Waals surface area contributed by atoms with Gasteiger partial charge >= 0.3 is 6.09 Å². The maximum Gasteiger partial charge on any atom is 0.404 e. The molecule has 0 aromatic rings. The second-order valence-electron chi connectivity index (χ2n) is 7.42. The highest BCUT2D eigenvalue weighted by molar-refractivity contribution is 5.64. The van der Waals surface area contributed by atoms with Gasteiger partial charge in [0, 0.05) is 12.1 Å². The van der Waals surface area contributed by atoms with Crippen molar-refractivity contribution in [2.24, 2.45) is 17.8 Å². The molecule has 0 aliphatic heterocycles. The Bertz CT molecular complexity index is 321. The van der Waals surface area contributed by atoms with Crippen LogP contribution in [0, 0.1) is 17.8 Å². The van der Waals surface area contributed by atoms with Crippen LogP contribution < -0.4 is 10.6 Å². The third kappa shape index (κ3) is 3.27. The van der Waals surface area contributed by atoms with Crippen LogP contribution in [0.3, 0.4) is 0 Å². The second-order valence-corrected chi connectivity index (χ2v) is 7.42. The minimum absolute atomic E-state index is 0.480. The van der Waals surface area contributed by atoms with Crippen molar-refractivity contribution in [2.45, 2.75) is 63.3 Å². The molecular formula is C16H28N2O2. The lowest BCUT2D eigenvalue weighted by molar-refractivity contribution is -0.0196. The molecule has 0 saturated heterocycles. The Labute approximate surface area is 121 Å². The average molecular weight is 280 g/mol. The van der Waals surface area contributed by atoms with E-state index in [0.29, 0.717) is 12.1 Å². The van der Waals surface area contributed by atoms with E-state index in [1.807, 2.05) is 0 Å². The van der Waals surface area contributed by atoms with Gasteiger partial charge < -0.3 is 15.7 Å². The van der Waals surface area contributed by atoms with Crippen LogP contribution in [-0.4, -0.2) is 29.8 Å². The predicted molar refractivity (Wildman–Crippen MR) is 78.8 cm³/mol. The molecule has 4 saturated carbocycles. The van der Waals surface area contributed by atoms with E-state index in [9.17, 15) is 4.79 Å². The number of unbranched alkanes of at least 4 members (excludes halogenated alkanes) is 2. The molecule has 0 aromatic carbocycles. The van der Waals surface area contributed by atoms with Crippen molar-refractivity contribution in [3.05, 3.63) is 0 Å². The summed E-state index contributed by atoms with van der Waals surface area (Å²) in [5.41, 5.74) is 0.480. The van der Waals surface area contributed by atoms with E-state index in [4.69, 9.17) is 5.11 Å². The third-order valence-corrected chi connectivity index (χ3v) is 5.67. The fourth-order valence-corrected chi connectivity index (χ4v) is 5.30. The fourth-order valence-electron chi connectivity index (χ4n) is 5.30. The van der Waals surface area contributed by atoms with E-state index < -0.39 is 6.09 Å². The van der Waals surface area contributed by atoms with Crippen molar-refractivity contribution in [1.29, 1.82) is 0 Å². The SMILES string of the molecule is O=C(O)NCCCCCNC12CC3CC(CC(C3)C1)C2. The number of amides is 1. The Kier molecular flexibility index (Phi) is 4.20. The van der Waals surface area contributed by atoms with Gasteiger partial charge in [-0.1, -0.05) is 6.42 Å². The van der Waals surface area contributed by atoms with Crippen LogP contribution in [0.1, 0.15) is 57.8 Å². The topological polar surface area (TPSA) is 61.4 Å². The highest BCUT2D eigenvalue weighted by Gasteiger charge is 2.50. The van der Waals surface area contributed by atoms with Crippen molar-refractivity contribution < 1.29 is 9.90 Å². The maximum atomic E-state index is 10.3. The van der Waals surface area contributed by atoms with Gasteiger partial charge in [-0.2, -0.15) is 0 Å². The minimum atomic E-state index is -0.906. The third-order valence-electron chi connectivity index (χ3n) is 5.67. The number of carboxylic acid groups (broad SMARTS) is 1. The molecule has 4 rings (SSSR count). The van der Waals surface area contributed by atoms with E-state index in [1.54, 1.807) is 0 Å². The molecule has 0 radical (unpaired) electrons. The number of nitrogens with one attached hydrogen (secondary N) is 2. The minimum Gasteiger partial charge on any atom is -0.465 e. The van der Waals surface area contributed by atoms with Gasteiger partial charge in [-0.3, -0.25) is 0 Å². The van der Waals surface area contributed by atoms with Crippen LogP contribution in [0.5, 0.6) is 0 Å². The summed E-state index contributed by atoms with van der Waals surface area (Å²) in [4.78, 5) is 10.3. The summed E-state index contributed by atoms with van der Waals surface area (Å²) in [5, 5.41) is 14.8. The molecule has 3 N–H and O–H groups in total. The summed E-state index contributed by atoms with van der Waals surface area (Å²) in [7, 11) is 0. The number of hydrogen-bond donors (Lipinski definition) is 3. The molecule has 0 aromatic heterocycles. The maximum absolute atomic E-state index is 10.3. The summed E-state index contributed by atoms with van der Waals surface area (Å²) in [5.74, 6) is 3.02. The summed E-state index contributed by atoms with van der Waals surface area (Å²) in [6, 6.07) is 0. The van der Waals surface area contributed by atoms with Crippen molar-refractivity contribution in [3.8, 4) is 0 Å². The largest absolute Gasteiger partial charge is 0.465 e. The molecule has 0 spiro atoms. The molecule has 0 unspecified atom stereocenters. The smallest absolute Gasteiger partial charge is 0.404 e. The lowest BCUT2D eigenvalue weighted by Gasteiger charge is -2.57. The Balaban J connectivity index is 1.33. The molecular weight excluding hydrogens is 252 g/mol. The number of hydrogen-bond acceptors (Lipinski definition) is 2. The van der Waals surface area contributed by atoms with Gasteiger partial charge in [0.2, 0.25) is 0 Å². The lowest BCUT2D eigenvalue weighted by Crippen LogP contribution is -2.58. The fraction of sp³-hybridized carbons (Fsp3) is 0.938. The molecule has 4 heteroatoms. The lowest BCUT2D eigenvalue weighted by atomic mass is 9.53. The highest BCUT2D eigenvalue weighted by atomic mass is 16.4. The van der Waals surface area contributed by atoms with Crippen LogP contribution in [0.4, 0.5) is 4.79 Å². The zero-order valence-electron chi connectivity index (χ0n) is 12.4. The first-order valence-electron chi connectivity index (χ1n) is 8.37. The molecule has 0 heterocycles. The zero-order valence-corrected chi connectivity index (χ0v) is 12.4. The van der Waals surface area contributed by atoms with Crippen LogP contribution in [0.2, 0.25) is 0 Å². The van der Waals surface area contributed by atoms with Gasteiger partial charge in [-0.25, -0.2) is 4.79 Å².